The topological polar surface area (TPSA) is 78.8 Å². The number of hydrogen-bond donors (Lipinski definition) is 2. The van der Waals surface area contributed by atoms with Crippen molar-refractivity contribution in [2.24, 2.45) is 0 Å². The molecule has 1 atom stereocenters. The van der Waals surface area contributed by atoms with Crippen LogP contribution >= 0.6 is 0 Å². The zero-order valence-electron chi connectivity index (χ0n) is 16.5. The van der Waals surface area contributed by atoms with Crippen LogP contribution in [0.1, 0.15) is 41.7 Å². The Bertz CT molecular complexity index is 1070. The van der Waals surface area contributed by atoms with Crippen LogP contribution in [0.25, 0.3) is 10.9 Å². The van der Waals surface area contributed by atoms with Gasteiger partial charge < -0.3 is 19.8 Å². The number of benzene rings is 1. The van der Waals surface area contributed by atoms with Gasteiger partial charge in [-0.1, -0.05) is 0 Å². The van der Waals surface area contributed by atoms with E-state index in [2.05, 4.69) is 25.1 Å². The van der Waals surface area contributed by atoms with E-state index in [0.29, 0.717) is 6.54 Å². The molecule has 2 aliphatic heterocycles. The number of amides is 1. The van der Waals surface area contributed by atoms with Gasteiger partial charge in [-0.15, -0.1) is 10.2 Å². The molecular formula is C21H25FN6O. The van der Waals surface area contributed by atoms with E-state index >= 15 is 0 Å². The van der Waals surface area contributed by atoms with Crippen LogP contribution in [-0.4, -0.2) is 50.2 Å². The third kappa shape index (κ3) is 3.31. The highest BCUT2D eigenvalue weighted by atomic mass is 19.1. The molecule has 0 saturated carbocycles. The zero-order valence-corrected chi connectivity index (χ0v) is 16.5. The summed E-state index contributed by atoms with van der Waals surface area (Å²) < 4.78 is 15.9. The summed E-state index contributed by atoms with van der Waals surface area (Å²) in [7, 11) is 0. The predicted octanol–water partition coefficient (Wildman–Crippen LogP) is 2.26. The zero-order chi connectivity index (χ0) is 20.0. The molecule has 7 nitrogen and oxygen atoms in total. The molecule has 2 aliphatic rings. The molecule has 152 valence electrons. The molecule has 1 fully saturated rings. The van der Waals surface area contributed by atoms with Gasteiger partial charge in [-0.2, -0.15) is 0 Å². The van der Waals surface area contributed by atoms with Gasteiger partial charge >= 0.3 is 0 Å². The van der Waals surface area contributed by atoms with Crippen LogP contribution in [0.4, 0.5) is 4.39 Å². The fraction of sp³-hybridized carbons (Fsp3) is 0.476. The first kappa shape index (κ1) is 18.3. The number of rotatable bonds is 3. The summed E-state index contributed by atoms with van der Waals surface area (Å²) >= 11 is 0. The van der Waals surface area contributed by atoms with Crippen molar-refractivity contribution in [3.05, 3.63) is 46.9 Å². The third-order valence-electron chi connectivity index (χ3n) is 6.20. The number of piperidine rings is 1. The third-order valence-corrected chi connectivity index (χ3v) is 6.20. The van der Waals surface area contributed by atoms with Crippen molar-refractivity contribution in [1.82, 2.24) is 30.0 Å². The van der Waals surface area contributed by atoms with Crippen LogP contribution in [0.15, 0.2) is 18.2 Å². The Morgan fingerprint density at radius 3 is 3.10 bits per heavy atom. The second kappa shape index (κ2) is 7.26. The number of aromatic amines is 1. The van der Waals surface area contributed by atoms with E-state index in [1.807, 2.05) is 11.8 Å². The molecule has 1 unspecified atom stereocenters. The van der Waals surface area contributed by atoms with Gasteiger partial charge in [-0.25, -0.2) is 4.39 Å². The standard InChI is InChI=1S/C21H25FN6O/c1-13-16(17-9-15(22)4-5-18(17)24-13)10-20(29)27-7-2-3-14(12-27)21-26-25-19-11-23-6-8-28(19)21/h4-5,9,14,23-24H,2-3,6-8,10-12H2,1H3. The van der Waals surface area contributed by atoms with E-state index in [9.17, 15) is 9.18 Å². The summed E-state index contributed by atoms with van der Waals surface area (Å²) in [6.07, 6.45) is 2.26. The molecule has 4 heterocycles. The van der Waals surface area contributed by atoms with Crippen molar-refractivity contribution in [1.29, 1.82) is 0 Å². The first-order chi connectivity index (χ1) is 14.1. The van der Waals surface area contributed by atoms with E-state index < -0.39 is 0 Å². The molecule has 1 saturated heterocycles. The van der Waals surface area contributed by atoms with Crippen molar-refractivity contribution in [2.45, 2.75) is 45.2 Å². The molecule has 29 heavy (non-hydrogen) atoms. The van der Waals surface area contributed by atoms with Gasteiger partial charge in [0.2, 0.25) is 5.91 Å². The van der Waals surface area contributed by atoms with Crippen LogP contribution in [0.2, 0.25) is 0 Å². The molecule has 5 rings (SSSR count). The monoisotopic (exact) mass is 396 g/mol. The van der Waals surface area contributed by atoms with E-state index in [-0.39, 0.29) is 24.1 Å². The minimum Gasteiger partial charge on any atom is -0.358 e. The van der Waals surface area contributed by atoms with Gasteiger partial charge in [-0.3, -0.25) is 4.79 Å². The highest BCUT2D eigenvalue weighted by Gasteiger charge is 2.30. The van der Waals surface area contributed by atoms with Crippen LogP contribution < -0.4 is 5.32 Å². The molecule has 2 aromatic heterocycles. The van der Waals surface area contributed by atoms with Gasteiger partial charge in [0.1, 0.15) is 17.5 Å². The number of nitrogens with one attached hydrogen (secondary N) is 2. The molecule has 1 amide bonds. The van der Waals surface area contributed by atoms with Crippen molar-refractivity contribution in [2.75, 3.05) is 19.6 Å². The fourth-order valence-electron chi connectivity index (χ4n) is 4.68. The summed E-state index contributed by atoms with van der Waals surface area (Å²) in [6.45, 7) is 5.91. The maximum absolute atomic E-state index is 13.7. The lowest BCUT2D eigenvalue weighted by atomic mass is 9.96. The molecule has 1 aromatic carbocycles. The lowest BCUT2D eigenvalue weighted by molar-refractivity contribution is -0.131. The number of carbonyl (C=O) groups is 1. The Morgan fingerprint density at radius 2 is 2.21 bits per heavy atom. The highest BCUT2D eigenvalue weighted by Crippen LogP contribution is 2.29. The van der Waals surface area contributed by atoms with Crippen molar-refractivity contribution < 1.29 is 9.18 Å². The van der Waals surface area contributed by atoms with Crippen molar-refractivity contribution in [3.8, 4) is 0 Å². The number of nitrogens with zero attached hydrogens (tertiary/aromatic N) is 4. The van der Waals surface area contributed by atoms with Crippen LogP contribution in [0, 0.1) is 12.7 Å². The van der Waals surface area contributed by atoms with Crippen molar-refractivity contribution >= 4 is 16.8 Å². The van der Waals surface area contributed by atoms with Crippen LogP contribution in [0.5, 0.6) is 0 Å². The molecule has 0 spiro atoms. The maximum atomic E-state index is 13.7. The average molecular weight is 396 g/mol. The summed E-state index contributed by atoms with van der Waals surface area (Å²) in [5, 5.41) is 12.9. The van der Waals surface area contributed by atoms with Crippen LogP contribution in [-0.2, 0) is 24.3 Å². The summed E-state index contributed by atoms with van der Waals surface area (Å²) in [6, 6.07) is 4.68. The highest BCUT2D eigenvalue weighted by molar-refractivity contribution is 5.90. The van der Waals surface area contributed by atoms with Gasteiger partial charge in [0.25, 0.3) is 0 Å². The molecular weight excluding hydrogens is 371 g/mol. The minimum absolute atomic E-state index is 0.0861. The number of likely N-dealkylation sites (tertiary alicyclic amines) is 1. The maximum Gasteiger partial charge on any atom is 0.227 e. The van der Waals surface area contributed by atoms with E-state index in [1.165, 1.54) is 12.1 Å². The van der Waals surface area contributed by atoms with E-state index in [0.717, 1.165) is 72.8 Å². The van der Waals surface area contributed by atoms with Crippen LogP contribution in [0.3, 0.4) is 0 Å². The van der Waals surface area contributed by atoms with E-state index in [1.54, 1.807) is 6.07 Å². The number of fused-ring (bicyclic) bond motifs is 2. The minimum atomic E-state index is -0.283. The Labute approximate surface area is 168 Å². The summed E-state index contributed by atoms with van der Waals surface area (Å²) in [5.41, 5.74) is 2.68. The predicted molar refractivity (Wildman–Crippen MR) is 107 cm³/mol. The lowest BCUT2D eigenvalue weighted by Gasteiger charge is -2.33. The summed E-state index contributed by atoms with van der Waals surface area (Å²) in [5.74, 6) is 2.00. The number of aryl methyl sites for hydroxylation is 1. The second-order valence-electron chi connectivity index (χ2n) is 8.08. The Kier molecular flexibility index (Phi) is 4.58. The molecule has 3 aromatic rings. The normalized spacial score (nSPS) is 19.5. The Morgan fingerprint density at radius 1 is 1.31 bits per heavy atom. The first-order valence-corrected chi connectivity index (χ1v) is 10.3. The number of hydrogen-bond acceptors (Lipinski definition) is 4. The quantitative estimate of drug-likeness (QED) is 0.712. The van der Waals surface area contributed by atoms with Crippen molar-refractivity contribution in [3.63, 3.8) is 0 Å². The first-order valence-electron chi connectivity index (χ1n) is 10.3. The smallest absolute Gasteiger partial charge is 0.227 e. The molecule has 0 radical (unpaired) electrons. The van der Waals surface area contributed by atoms with Gasteiger partial charge in [0.15, 0.2) is 0 Å². The molecule has 0 aliphatic carbocycles. The number of halogens is 1. The number of H-pyrrole nitrogens is 1. The Balaban J connectivity index is 1.35. The van der Waals surface area contributed by atoms with E-state index in [4.69, 9.17) is 0 Å². The molecule has 0 bridgehead atoms. The molecule has 8 heteroatoms. The summed E-state index contributed by atoms with van der Waals surface area (Å²) in [4.78, 5) is 18.3. The Hall–Kier alpha value is -2.74. The lowest BCUT2D eigenvalue weighted by Crippen LogP contribution is -2.41. The number of aromatic nitrogens is 4. The SMILES string of the molecule is Cc1[nH]c2ccc(F)cc2c1CC(=O)N1CCCC(c2nnc3n2CCNC3)C1. The number of carbonyl (C=O) groups excluding carboxylic acids is 1. The van der Waals surface area contributed by atoms with Gasteiger partial charge in [0.05, 0.1) is 13.0 Å². The largest absolute Gasteiger partial charge is 0.358 e. The average Bonchev–Trinajstić information content (AvgIpc) is 3.29. The van der Waals surface area contributed by atoms with Gasteiger partial charge in [0, 0.05) is 48.7 Å². The molecule has 2 N–H and O–H groups in total. The fourth-order valence-corrected chi connectivity index (χ4v) is 4.68. The van der Waals surface area contributed by atoms with Gasteiger partial charge in [-0.05, 0) is 43.5 Å². The second-order valence-corrected chi connectivity index (χ2v) is 8.08.